The number of hydrogen-bond donors (Lipinski definition) is 1. The summed E-state index contributed by atoms with van der Waals surface area (Å²) >= 11 is 0. The summed E-state index contributed by atoms with van der Waals surface area (Å²) in [5.41, 5.74) is -0.713. The van der Waals surface area contributed by atoms with Gasteiger partial charge in [0.05, 0.1) is 36.6 Å². The summed E-state index contributed by atoms with van der Waals surface area (Å²) in [4.78, 5) is 26.7. The number of carbonyl (C=O) groups excluding carboxylic acids is 1. The fourth-order valence-corrected chi connectivity index (χ4v) is 2.20. The second-order valence-corrected chi connectivity index (χ2v) is 5.45. The lowest BCUT2D eigenvalue weighted by molar-refractivity contribution is -0.385. The number of nitro groups is 1. The standard InChI is InChI=1S/C17H16F3N3O6/c1-3-28-14-6-11(12(23(25)26)7-13(14)27-2)16(24)22-10-4-5-15(21-8-10)29-9-17(18,19)20/h4-8H,3,9H2,1-2H3,(H,22,24). The van der Waals surface area contributed by atoms with Crippen LogP contribution in [0.2, 0.25) is 0 Å². The molecular weight excluding hydrogens is 399 g/mol. The Hall–Kier alpha value is -3.57. The number of carbonyl (C=O) groups is 1. The van der Waals surface area contributed by atoms with Crippen molar-refractivity contribution in [2.45, 2.75) is 13.1 Å². The van der Waals surface area contributed by atoms with Gasteiger partial charge in [0.15, 0.2) is 18.1 Å². The lowest BCUT2D eigenvalue weighted by Gasteiger charge is -2.12. The summed E-state index contributed by atoms with van der Waals surface area (Å²) in [6.07, 6.45) is -3.46. The summed E-state index contributed by atoms with van der Waals surface area (Å²) < 4.78 is 51.3. The minimum atomic E-state index is -4.51. The highest BCUT2D eigenvalue weighted by molar-refractivity contribution is 6.07. The molecule has 156 valence electrons. The quantitative estimate of drug-likeness (QED) is 0.518. The SMILES string of the molecule is CCOc1cc(C(=O)Nc2ccc(OCC(F)(F)F)nc2)c([N+](=O)[O-])cc1OC. The van der Waals surface area contributed by atoms with E-state index >= 15 is 0 Å². The number of pyridine rings is 1. The smallest absolute Gasteiger partial charge is 0.422 e. The molecule has 29 heavy (non-hydrogen) atoms. The van der Waals surface area contributed by atoms with Gasteiger partial charge in [0.1, 0.15) is 5.56 Å². The highest BCUT2D eigenvalue weighted by Crippen LogP contribution is 2.35. The lowest BCUT2D eigenvalue weighted by Crippen LogP contribution is -2.19. The van der Waals surface area contributed by atoms with Crippen LogP contribution < -0.4 is 19.5 Å². The molecule has 0 aliphatic rings. The molecule has 9 nitrogen and oxygen atoms in total. The van der Waals surface area contributed by atoms with Crippen molar-refractivity contribution in [3.05, 3.63) is 46.1 Å². The molecule has 1 aromatic heterocycles. The van der Waals surface area contributed by atoms with Gasteiger partial charge in [0.2, 0.25) is 5.88 Å². The van der Waals surface area contributed by atoms with E-state index in [9.17, 15) is 28.1 Å². The van der Waals surface area contributed by atoms with Crippen molar-refractivity contribution < 1.29 is 37.1 Å². The van der Waals surface area contributed by atoms with Crippen molar-refractivity contribution in [2.24, 2.45) is 0 Å². The number of alkyl halides is 3. The van der Waals surface area contributed by atoms with Crippen molar-refractivity contribution in [3.63, 3.8) is 0 Å². The topological polar surface area (TPSA) is 113 Å². The van der Waals surface area contributed by atoms with Crippen LogP contribution in [-0.2, 0) is 0 Å². The van der Waals surface area contributed by atoms with Crippen LogP contribution in [0, 0.1) is 10.1 Å². The number of aromatic nitrogens is 1. The summed E-state index contributed by atoms with van der Waals surface area (Å²) in [5, 5.41) is 13.7. The Morgan fingerprint density at radius 3 is 2.48 bits per heavy atom. The van der Waals surface area contributed by atoms with Gasteiger partial charge in [-0.05, 0) is 13.0 Å². The predicted octanol–water partition coefficient (Wildman–Crippen LogP) is 3.59. The highest BCUT2D eigenvalue weighted by Gasteiger charge is 2.29. The Morgan fingerprint density at radius 2 is 1.97 bits per heavy atom. The molecule has 0 saturated carbocycles. The third kappa shape index (κ3) is 5.96. The maximum atomic E-state index is 12.5. The number of ether oxygens (including phenoxy) is 3. The van der Waals surface area contributed by atoms with Crippen molar-refractivity contribution in [2.75, 3.05) is 25.6 Å². The number of halogens is 3. The van der Waals surface area contributed by atoms with Gasteiger partial charge in [0, 0.05) is 12.1 Å². The largest absolute Gasteiger partial charge is 0.493 e. The van der Waals surface area contributed by atoms with Gasteiger partial charge in [-0.2, -0.15) is 13.2 Å². The van der Waals surface area contributed by atoms with Crippen LogP contribution >= 0.6 is 0 Å². The third-order valence-corrected chi connectivity index (χ3v) is 3.40. The molecule has 1 N–H and O–H groups in total. The first-order valence-corrected chi connectivity index (χ1v) is 8.10. The first kappa shape index (κ1) is 21.7. The van der Waals surface area contributed by atoms with Crippen molar-refractivity contribution >= 4 is 17.3 Å². The van der Waals surface area contributed by atoms with E-state index in [1.807, 2.05) is 0 Å². The number of rotatable bonds is 8. The van der Waals surface area contributed by atoms with Crippen LogP contribution in [0.5, 0.6) is 17.4 Å². The van der Waals surface area contributed by atoms with Crippen LogP contribution in [-0.4, -0.2) is 42.3 Å². The normalized spacial score (nSPS) is 10.9. The molecular formula is C17H16F3N3O6. The number of amides is 1. The zero-order valence-electron chi connectivity index (χ0n) is 15.3. The van der Waals surface area contributed by atoms with Crippen molar-refractivity contribution in [1.29, 1.82) is 0 Å². The molecule has 2 aromatic rings. The Bertz CT molecular complexity index is 887. The summed E-state index contributed by atoms with van der Waals surface area (Å²) in [7, 11) is 1.30. The third-order valence-electron chi connectivity index (χ3n) is 3.40. The fourth-order valence-electron chi connectivity index (χ4n) is 2.20. The molecule has 0 radical (unpaired) electrons. The zero-order valence-corrected chi connectivity index (χ0v) is 15.3. The minimum absolute atomic E-state index is 0.0860. The van der Waals surface area contributed by atoms with Crippen LogP contribution in [0.1, 0.15) is 17.3 Å². The summed E-state index contributed by atoms with van der Waals surface area (Å²) in [5.74, 6) is -0.914. The second kappa shape index (κ2) is 9.08. The molecule has 12 heteroatoms. The first-order chi connectivity index (χ1) is 13.6. The molecule has 0 atom stereocenters. The number of hydrogen-bond acceptors (Lipinski definition) is 7. The number of nitrogens with one attached hydrogen (secondary N) is 1. The monoisotopic (exact) mass is 415 g/mol. The Labute approximate surface area is 162 Å². The number of anilines is 1. The van der Waals surface area contributed by atoms with Gasteiger partial charge in [-0.15, -0.1) is 0 Å². The zero-order chi connectivity index (χ0) is 21.6. The number of nitro benzene ring substituents is 1. The van der Waals surface area contributed by atoms with E-state index in [0.717, 1.165) is 18.3 Å². The highest BCUT2D eigenvalue weighted by atomic mass is 19.4. The molecule has 0 aliphatic heterocycles. The van der Waals surface area contributed by atoms with E-state index in [2.05, 4.69) is 15.0 Å². The minimum Gasteiger partial charge on any atom is -0.493 e. The van der Waals surface area contributed by atoms with Gasteiger partial charge >= 0.3 is 6.18 Å². The van der Waals surface area contributed by atoms with Gasteiger partial charge in [-0.25, -0.2) is 4.98 Å². The number of benzene rings is 1. The molecule has 1 amide bonds. The molecule has 2 rings (SSSR count). The maximum Gasteiger partial charge on any atom is 0.422 e. The molecule has 0 bridgehead atoms. The van der Waals surface area contributed by atoms with E-state index in [-0.39, 0.29) is 35.2 Å². The Kier molecular flexibility index (Phi) is 6.80. The molecule has 0 aliphatic carbocycles. The number of methoxy groups -OCH3 is 1. The van der Waals surface area contributed by atoms with Crippen LogP contribution in [0.25, 0.3) is 0 Å². The molecule has 0 fully saturated rings. The molecule has 1 heterocycles. The summed E-state index contributed by atoms with van der Waals surface area (Å²) in [6.45, 7) is 0.414. The van der Waals surface area contributed by atoms with E-state index in [4.69, 9.17) is 9.47 Å². The van der Waals surface area contributed by atoms with Crippen LogP contribution in [0.15, 0.2) is 30.5 Å². The predicted molar refractivity (Wildman–Crippen MR) is 94.6 cm³/mol. The van der Waals surface area contributed by atoms with E-state index in [0.29, 0.717) is 0 Å². The van der Waals surface area contributed by atoms with E-state index in [1.165, 1.54) is 19.2 Å². The molecule has 0 saturated heterocycles. The average molecular weight is 415 g/mol. The van der Waals surface area contributed by atoms with Crippen LogP contribution in [0.3, 0.4) is 0 Å². The van der Waals surface area contributed by atoms with Gasteiger partial charge in [0.25, 0.3) is 11.6 Å². The first-order valence-electron chi connectivity index (χ1n) is 8.10. The van der Waals surface area contributed by atoms with Gasteiger partial charge in [-0.3, -0.25) is 14.9 Å². The Morgan fingerprint density at radius 1 is 1.24 bits per heavy atom. The number of nitrogens with zero attached hydrogens (tertiary/aromatic N) is 2. The molecule has 1 aromatic carbocycles. The maximum absolute atomic E-state index is 12.5. The van der Waals surface area contributed by atoms with Crippen LogP contribution in [0.4, 0.5) is 24.5 Å². The fraction of sp³-hybridized carbons (Fsp3) is 0.294. The van der Waals surface area contributed by atoms with E-state index in [1.54, 1.807) is 6.92 Å². The molecule has 0 spiro atoms. The van der Waals surface area contributed by atoms with Gasteiger partial charge < -0.3 is 19.5 Å². The molecule has 0 unspecified atom stereocenters. The lowest BCUT2D eigenvalue weighted by atomic mass is 10.1. The second-order valence-electron chi connectivity index (χ2n) is 5.45. The van der Waals surface area contributed by atoms with Crippen molar-refractivity contribution in [1.82, 2.24) is 4.98 Å². The summed E-state index contributed by atoms with van der Waals surface area (Å²) in [6, 6.07) is 4.60. The average Bonchev–Trinajstić information content (AvgIpc) is 2.66. The Balaban J connectivity index is 2.23. The van der Waals surface area contributed by atoms with Crippen molar-refractivity contribution in [3.8, 4) is 17.4 Å². The van der Waals surface area contributed by atoms with E-state index < -0.39 is 29.3 Å². The van der Waals surface area contributed by atoms with Gasteiger partial charge in [-0.1, -0.05) is 0 Å².